The lowest BCUT2D eigenvalue weighted by Crippen LogP contribution is -2.59. The number of aliphatic hydroxyl groups is 1. The molecule has 0 amide bonds. The Morgan fingerprint density at radius 3 is 2.36 bits per heavy atom. The number of cyclic esters (lactones) is 1. The Morgan fingerprint density at radius 2 is 1.78 bits per heavy atom. The highest BCUT2D eigenvalue weighted by Crippen LogP contribution is 2.38. The normalized spacial score (nSPS) is 39.7. The molecule has 45 heavy (non-hydrogen) atoms. The van der Waals surface area contributed by atoms with E-state index >= 15 is 0 Å². The molecule has 10 nitrogen and oxygen atoms in total. The van der Waals surface area contributed by atoms with Crippen LogP contribution in [0.15, 0.2) is 0 Å². The number of rotatable bonds is 9. The van der Waals surface area contributed by atoms with Gasteiger partial charge in [-0.3, -0.25) is 14.5 Å². The molecule has 0 aromatic heterocycles. The molecule has 0 aliphatic carbocycles. The van der Waals surface area contributed by atoms with E-state index in [1.165, 1.54) is 12.8 Å². The number of carbonyl (C=O) groups is 2. The van der Waals surface area contributed by atoms with Crippen molar-refractivity contribution in [2.45, 2.75) is 142 Å². The van der Waals surface area contributed by atoms with Gasteiger partial charge in [-0.2, -0.15) is 0 Å². The molecule has 3 aliphatic heterocycles. The van der Waals surface area contributed by atoms with Crippen molar-refractivity contribution in [3.05, 3.63) is 0 Å². The SMILES string of the molecule is CCN1C[C@H](C)C[C@@](C)(OC)[C@H](O[C@@H]2O[C@H](C)C[C@H](N(C)C)[C@H]2O)[C@@H](C)C(=O)C(C)(C)C(=O)OC[C@H]1CCCN1CCC[C@@H]1C. The van der Waals surface area contributed by atoms with Gasteiger partial charge in [-0.25, -0.2) is 0 Å². The minimum Gasteiger partial charge on any atom is -0.463 e. The van der Waals surface area contributed by atoms with Crippen LogP contribution in [-0.2, 0) is 28.5 Å². The van der Waals surface area contributed by atoms with Gasteiger partial charge < -0.3 is 33.9 Å². The molecule has 0 spiro atoms. The number of esters is 1. The second-order valence-corrected chi connectivity index (χ2v) is 15.2. The van der Waals surface area contributed by atoms with Crippen LogP contribution in [-0.4, -0.2) is 134 Å². The summed E-state index contributed by atoms with van der Waals surface area (Å²) < 4.78 is 25.1. The number of hydrogen-bond donors (Lipinski definition) is 1. The van der Waals surface area contributed by atoms with E-state index in [9.17, 15) is 14.7 Å². The first kappa shape index (κ1) is 38.3. The topological polar surface area (TPSA) is 101 Å². The van der Waals surface area contributed by atoms with Gasteiger partial charge in [-0.05, 0) is 113 Å². The van der Waals surface area contributed by atoms with Crippen LogP contribution in [0.2, 0.25) is 0 Å². The van der Waals surface area contributed by atoms with E-state index in [0.29, 0.717) is 18.9 Å². The van der Waals surface area contributed by atoms with Gasteiger partial charge in [0.25, 0.3) is 0 Å². The number of aliphatic hydroxyl groups excluding tert-OH is 1. The lowest BCUT2D eigenvalue weighted by molar-refractivity contribution is -0.295. The smallest absolute Gasteiger partial charge is 0.319 e. The number of ether oxygens (including phenoxy) is 4. The Kier molecular flexibility index (Phi) is 13.9. The van der Waals surface area contributed by atoms with E-state index in [0.717, 1.165) is 39.0 Å². The van der Waals surface area contributed by atoms with Crippen LogP contribution < -0.4 is 0 Å². The Labute approximate surface area is 273 Å². The molecule has 0 aromatic rings. The molecule has 1 N–H and O–H groups in total. The summed E-state index contributed by atoms with van der Waals surface area (Å²) in [5.41, 5.74) is -2.30. The molecule has 3 aliphatic rings. The van der Waals surface area contributed by atoms with Crippen LogP contribution in [0.3, 0.4) is 0 Å². The van der Waals surface area contributed by atoms with Crippen molar-refractivity contribution in [1.82, 2.24) is 14.7 Å². The maximum atomic E-state index is 14.2. The van der Waals surface area contributed by atoms with E-state index in [1.54, 1.807) is 27.9 Å². The number of nitrogens with zero attached hydrogens (tertiary/aromatic N) is 3. The quantitative estimate of drug-likeness (QED) is 0.295. The third-order valence-electron chi connectivity index (χ3n) is 10.9. The Balaban J connectivity index is 1.92. The maximum Gasteiger partial charge on any atom is 0.319 e. The fourth-order valence-electron chi connectivity index (χ4n) is 7.98. The van der Waals surface area contributed by atoms with Crippen LogP contribution in [0, 0.1) is 17.3 Å². The monoisotopic (exact) mass is 639 g/mol. The zero-order valence-corrected chi connectivity index (χ0v) is 30.2. The summed E-state index contributed by atoms with van der Waals surface area (Å²) in [4.78, 5) is 34.8. The van der Waals surface area contributed by atoms with Crippen LogP contribution in [0.4, 0.5) is 0 Å². The molecule has 3 fully saturated rings. The fourth-order valence-corrected chi connectivity index (χ4v) is 7.98. The first-order valence-corrected chi connectivity index (χ1v) is 17.5. The molecule has 3 saturated heterocycles. The minimum atomic E-state index is -1.40. The highest BCUT2D eigenvalue weighted by Gasteiger charge is 2.51. The second-order valence-electron chi connectivity index (χ2n) is 15.2. The van der Waals surface area contributed by atoms with Gasteiger partial charge >= 0.3 is 5.97 Å². The molecule has 3 heterocycles. The van der Waals surface area contributed by atoms with Gasteiger partial charge in [-0.1, -0.05) is 20.8 Å². The molecular formula is C35H65N3O7. The summed E-state index contributed by atoms with van der Waals surface area (Å²) in [5.74, 6) is -1.35. The molecule has 0 aromatic carbocycles. The minimum absolute atomic E-state index is 0.0551. The van der Waals surface area contributed by atoms with Crippen molar-refractivity contribution in [3.63, 3.8) is 0 Å². The third kappa shape index (κ3) is 9.27. The summed E-state index contributed by atoms with van der Waals surface area (Å²) in [6, 6.07) is 0.514. The van der Waals surface area contributed by atoms with Crippen LogP contribution in [0.5, 0.6) is 0 Å². The summed E-state index contributed by atoms with van der Waals surface area (Å²) in [6.45, 7) is 19.8. The Morgan fingerprint density at radius 1 is 1.09 bits per heavy atom. The molecule has 262 valence electrons. The molecule has 3 rings (SSSR count). The highest BCUT2D eigenvalue weighted by atomic mass is 16.7. The number of carbonyl (C=O) groups excluding carboxylic acids is 2. The molecule has 0 radical (unpaired) electrons. The number of methoxy groups -OCH3 is 1. The Bertz CT molecular complexity index is 964. The largest absolute Gasteiger partial charge is 0.463 e. The summed E-state index contributed by atoms with van der Waals surface area (Å²) in [6.07, 6.45) is 2.93. The van der Waals surface area contributed by atoms with Crippen molar-refractivity contribution in [1.29, 1.82) is 0 Å². The molecule has 0 bridgehead atoms. The highest BCUT2D eigenvalue weighted by molar-refractivity contribution is 6.04. The summed E-state index contributed by atoms with van der Waals surface area (Å²) in [5, 5.41) is 11.3. The van der Waals surface area contributed by atoms with E-state index < -0.39 is 41.4 Å². The molecule has 0 saturated carbocycles. The lowest BCUT2D eigenvalue weighted by atomic mass is 9.74. The first-order valence-electron chi connectivity index (χ1n) is 17.5. The van der Waals surface area contributed by atoms with Gasteiger partial charge in [0.1, 0.15) is 18.1 Å². The van der Waals surface area contributed by atoms with Crippen molar-refractivity contribution >= 4 is 11.8 Å². The summed E-state index contributed by atoms with van der Waals surface area (Å²) in [7, 11) is 5.52. The predicted molar refractivity (Wildman–Crippen MR) is 176 cm³/mol. The van der Waals surface area contributed by atoms with E-state index in [2.05, 4.69) is 30.6 Å². The molecule has 10 heteroatoms. The van der Waals surface area contributed by atoms with Crippen molar-refractivity contribution in [2.75, 3.05) is 54.0 Å². The van der Waals surface area contributed by atoms with Crippen LogP contribution in [0.25, 0.3) is 0 Å². The average Bonchev–Trinajstić information content (AvgIpc) is 3.40. The van der Waals surface area contributed by atoms with E-state index in [-0.39, 0.29) is 36.5 Å². The average molecular weight is 640 g/mol. The zero-order chi connectivity index (χ0) is 33.7. The third-order valence-corrected chi connectivity index (χ3v) is 10.9. The first-order chi connectivity index (χ1) is 21.0. The number of hydrogen-bond acceptors (Lipinski definition) is 10. The van der Waals surface area contributed by atoms with Crippen molar-refractivity contribution < 1.29 is 33.6 Å². The summed E-state index contributed by atoms with van der Waals surface area (Å²) >= 11 is 0. The van der Waals surface area contributed by atoms with Gasteiger partial charge in [0, 0.05) is 37.7 Å². The van der Waals surface area contributed by atoms with Crippen LogP contribution in [0.1, 0.15) is 93.9 Å². The van der Waals surface area contributed by atoms with Gasteiger partial charge in [0.05, 0.1) is 17.8 Å². The lowest BCUT2D eigenvalue weighted by Gasteiger charge is -2.47. The molecule has 10 atom stereocenters. The number of likely N-dealkylation sites (tertiary alicyclic amines) is 1. The molecule has 0 unspecified atom stereocenters. The number of Topliss-reactive ketones (excluding diaryl/α,β-unsaturated/α-hetero) is 1. The number of likely N-dealkylation sites (N-methyl/N-ethyl adjacent to an activating group) is 2. The van der Waals surface area contributed by atoms with Gasteiger partial charge in [0.2, 0.25) is 0 Å². The fraction of sp³-hybridized carbons (Fsp3) is 0.943. The van der Waals surface area contributed by atoms with E-state index in [1.807, 2.05) is 32.8 Å². The second kappa shape index (κ2) is 16.3. The molecular weight excluding hydrogens is 574 g/mol. The van der Waals surface area contributed by atoms with E-state index in [4.69, 9.17) is 18.9 Å². The zero-order valence-electron chi connectivity index (χ0n) is 30.2. The Hall–Kier alpha value is -1.14. The van der Waals surface area contributed by atoms with Gasteiger partial charge in [0.15, 0.2) is 12.1 Å². The number of ketones is 1. The predicted octanol–water partition coefficient (Wildman–Crippen LogP) is 3.97. The van der Waals surface area contributed by atoms with Crippen LogP contribution >= 0.6 is 0 Å². The maximum absolute atomic E-state index is 14.2. The van der Waals surface area contributed by atoms with Crippen molar-refractivity contribution in [3.8, 4) is 0 Å². The van der Waals surface area contributed by atoms with Crippen molar-refractivity contribution in [2.24, 2.45) is 17.3 Å². The van der Waals surface area contributed by atoms with Gasteiger partial charge in [-0.15, -0.1) is 0 Å². The standard InChI is InChI=1S/C35H65N3O7/c1-12-37-21-23(2)20-35(8,42-11)31(45-32-29(39)28(36(9)10)19-25(4)44-32)26(5)30(40)34(6,7)33(41)43-22-27(37)16-14-18-38-17-13-15-24(38)3/h23-29,31-32,39H,12-22H2,1-11H3/t23-,24+,25-,26+,27-,28+,29-,31-,32+,35-/m1/s1.